The molecular formula is C18H38N2. The Morgan fingerprint density at radius 1 is 1.20 bits per heavy atom. The van der Waals surface area contributed by atoms with Gasteiger partial charge in [0.1, 0.15) is 0 Å². The zero-order valence-corrected chi connectivity index (χ0v) is 14.9. The number of nitrogens with one attached hydrogen (secondary N) is 1. The van der Waals surface area contributed by atoms with Crippen LogP contribution in [-0.2, 0) is 0 Å². The van der Waals surface area contributed by atoms with Crippen molar-refractivity contribution >= 4 is 0 Å². The van der Waals surface area contributed by atoms with Gasteiger partial charge >= 0.3 is 0 Å². The van der Waals surface area contributed by atoms with E-state index in [1.807, 2.05) is 0 Å². The third kappa shape index (κ3) is 5.73. The molecule has 0 aromatic heterocycles. The summed E-state index contributed by atoms with van der Waals surface area (Å²) in [6.07, 6.45) is 6.71. The maximum atomic E-state index is 3.66. The Hall–Kier alpha value is -0.0800. The lowest BCUT2D eigenvalue weighted by Gasteiger charge is -2.43. The molecule has 1 N–H and O–H groups in total. The fourth-order valence-electron chi connectivity index (χ4n) is 3.42. The van der Waals surface area contributed by atoms with E-state index < -0.39 is 0 Å². The van der Waals surface area contributed by atoms with Crippen molar-refractivity contribution in [2.75, 3.05) is 26.2 Å². The Morgan fingerprint density at radius 3 is 2.25 bits per heavy atom. The van der Waals surface area contributed by atoms with Gasteiger partial charge in [-0.25, -0.2) is 0 Å². The van der Waals surface area contributed by atoms with Crippen LogP contribution < -0.4 is 5.32 Å². The maximum Gasteiger partial charge on any atom is 0.00475 e. The van der Waals surface area contributed by atoms with Gasteiger partial charge in [0.2, 0.25) is 0 Å². The maximum absolute atomic E-state index is 3.66. The first-order chi connectivity index (χ1) is 9.32. The Kier molecular flexibility index (Phi) is 7.00. The summed E-state index contributed by atoms with van der Waals surface area (Å²) < 4.78 is 0. The molecule has 20 heavy (non-hydrogen) atoms. The number of nitrogens with zero attached hydrogens (tertiary/aromatic N) is 1. The number of piperidine rings is 1. The molecule has 1 atom stereocenters. The molecule has 0 aromatic carbocycles. The Bertz CT molecular complexity index is 267. The van der Waals surface area contributed by atoms with Gasteiger partial charge in [-0.2, -0.15) is 0 Å². The predicted molar refractivity (Wildman–Crippen MR) is 90.2 cm³/mol. The highest BCUT2D eigenvalue weighted by atomic mass is 15.1. The van der Waals surface area contributed by atoms with Gasteiger partial charge in [-0.1, -0.05) is 54.4 Å². The van der Waals surface area contributed by atoms with E-state index in [0.29, 0.717) is 16.9 Å². The van der Waals surface area contributed by atoms with Gasteiger partial charge < -0.3 is 10.2 Å². The molecule has 0 amide bonds. The predicted octanol–water partition coefficient (Wildman–Crippen LogP) is 4.30. The van der Waals surface area contributed by atoms with Crippen LogP contribution in [0.25, 0.3) is 0 Å². The smallest absolute Gasteiger partial charge is 0.00475 e. The zero-order valence-electron chi connectivity index (χ0n) is 14.9. The third-order valence-electron chi connectivity index (χ3n) is 5.31. The van der Waals surface area contributed by atoms with E-state index in [4.69, 9.17) is 0 Å². The summed E-state index contributed by atoms with van der Waals surface area (Å²) >= 11 is 0. The standard InChI is InChI=1S/C18H38N2/c1-7-9-18(6,14-19-16(3)4)15-20-12-10-17(5,8-2)11-13-20/h16,19H,7-15H2,1-6H3. The lowest BCUT2D eigenvalue weighted by atomic mass is 9.77. The van der Waals surface area contributed by atoms with Crippen LogP contribution in [0.5, 0.6) is 0 Å². The van der Waals surface area contributed by atoms with Gasteiger partial charge in [-0.05, 0) is 43.2 Å². The van der Waals surface area contributed by atoms with Crippen molar-refractivity contribution in [2.24, 2.45) is 10.8 Å². The molecule has 1 rings (SSSR count). The molecule has 0 radical (unpaired) electrons. The van der Waals surface area contributed by atoms with E-state index in [2.05, 4.69) is 51.8 Å². The van der Waals surface area contributed by atoms with Crippen LogP contribution >= 0.6 is 0 Å². The third-order valence-corrected chi connectivity index (χ3v) is 5.31. The van der Waals surface area contributed by atoms with Gasteiger partial charge in [0.25, 0.3) is 0 Å². The summed E-state index contributed by atoms with van der Waals surface area (Å²) in [4.78, 5) is 2.72. The zero-order chi connectivity index (χ0) is 15.2. The second-order valence-electron chi connectivity index (χ2n) is 8.04. The van der Waals surface area contributed by atoms with Crippen molar-refractivity contribution in [3.05, 3.63) is 0 Å². The Balaban J connectivity index is 2.50. The SMILES string of the molecule is CCCC(C)(CNC(C)C)CN1CCC(C)(CC)CC1. The van der Waals surface area contributed by atoms with Crippen molar-refractivity contribution in [1.82, 2.24) is 10.2 Å². The number of likely N-dealkylation sites (tertiary alicyclic amines) is 1. The molecule has 120 valence electrons. The van der Waals surface area contributed by atoms with Crippen LogP contribution in [0.4, 0.5) is 0 Å². The van der Waals surface area contributed by atoms with E-state index >= 15 is 0 Å². The molecule has 1 aliphatic heterocycles. The fraction of sp³-hybridized carbons (Fsp3) is 1.00. The topological polar surface area (TPSA) is 15.3 Å². The highest BCUT2D eigenvalue weighted by Crippen LogP contribution is 2.35. The molecule has 1 saturated heterocycles. The first kappa shape index (κ1) is 18.0. The quantitative estimate of drug-likeness (QED) is 0.714. The van der Waals surface area contributed by atoms with Crippen LogP contribution in [-0.4, -0.2) is 37.1 Å². The van der Waals surface area contributed by atoms with E-state index in [0.717, 1.165) is 6.54 Å². The van der Waals surface area contributed by atoms with Crippen molar-refractivity contribution in [3.8, 4) is 0 Å². The summed E-state index contributed by atoms with van der Waals surface area (Å²) in [5, 5.41) is 3.66. The number of rotatable bonds is 8. The normalized spacial score (nSPS) is 22.9. The largest absolute Gasteiger partial charge is 0.314 e. The highest BCUT2D eigenvalue weighted by Gasteiger charge is 2.32. The van der Waals surface area contributed by atoms with E-state index in [1.165, 1.54) is 51.7 Å². The number of hydrogen-bond acceptors (Lipinski definition) is 2. The van der Waals surface area contributed by atoms with Crippen LogP contribution in [0.1, 0.15) is 73.6 Å². The Morgan fingerprint density at radius 2 is 1.80 bits per heavy atom. The van der Waals surface area contributed by atoms with Crippen molar-refractivity contribution in [2.45, 2.75) is 79.7 Å². The minimum Gasteiger partial charge on any atom is -0.314 e. The summed E-state index contributed by atoms with van der Waals surface area (Å²) in [5.41, 5.74) is 1.03. The summed E-state index contributed by atoms with van der Waals surface area (Å²) in [7, 11) is 0. The van der Waals surface area contributed by atoms with Crippen molar-refractivity contribution < 1.29 is 0 Å². The lowest BCUT2D eigenvalue weighted by molar-refractivity contribution is 0.0725. The highest BCUT2D eigenvalue weighted by molar-refractivity contribution is 4.86. The molecule has 0 spiro atoms. The molecule has 2 nitrogen and oxygen atoms in total. The first-order valence-corrected chi connectivity index (χ1v) is 8.78. The van der Waals surface area contributed by atoms with E-state index in [9.17, 15) is 0 Å². The molecule has 0 bridgehead atoms. The second-order valence-corrected chi connectivity index (χ2v) is 8.04. The second kappa shape index (κ2) is 7.79. The molecule has 1 unspecified atom stereocenters. The molecule has 0 saturated carbocycles. The van der Waals surface area contributed by atoms with Crippen molar-refractivity contribution in [1.29, 1.82) is 0 Å². The lowest BCUT2D eigenvalue weighted by Crippen LogP contribution is -2.47. The Labute approximate surface area is 127 Å². The fourth-order valence-corrected chi connectivity index (χ4v) is 3.42. The van der Waals surface area contributed by atoms with Crippen LogP contribution in [0.2, 0.25) is 0 Å². The van der Waals surface area contributed by atoms with Crippen molar-refractivity contribution in [3.63, 3.8) is 0 Å². The van der Waals surface area contributed by atoms with E-state index in [1.54, 1.807) is 0 Å². The van der Waals surface area contributed by atoms with Gasteiger partial charge in [0.15, 0.2) is 0 Å². The van der Waals surface area contributed by atoms with Crippen LogP contribution in [0.3, 0.4) is 0 Å². The first-order valence-electron chi connectivity index (χ1n) is 8.78. The summed E-state index contributed by atoms with van der Waals surface area (Å²) in [6, 6.07) is 0.593. The minimum atomic E-state index is 0.430. The summed E-state index contributed by atoms with van der Waals surface area (Å²) in [6.45, 7) is 19.1. The van der Waals surface area contributed by atoms with Gasteiger partial charge in [0.05, 0.1) is 0 Å². The monoisotopic (exact) mass is 282 g/mol. The molecule has 0 aromatic rings. The molecule has 1 aliphatic rings. The van der Waals surface area contributed by atoms with E-state index in [-0.39, 0.29) is 0 Å². The van der Waals surface area contributed by atoms with Crippen LogP contribution in [0, 0.1) is 10.8 Å². The van der Waals surface area contributed by atoms with Gasteiger partial charge in [-0.3, -0.25) is 0 Å². The average molecular weight is 283 g/mol. The molecule has 1 heterocycles. The molecular weight excluding hydrogens is 244 g/mol. The molecule has 0 aliphatic carbocycles. The number of hydrogen-bond donors (Lipinski definition) is 1. The molecule has 1 fully saturated rings. The van der Waals surface area contributed by atoms with Crippen LogP contribution in [0.15, 0.2) is 0 Å². The molecule has 2 heteroatoms. The minimum absolute atomic E-state index is 0.430. The summed E-state index contributed by atoms with van der Waals surface area (Å²) in [5.74, 6) is 0. The average Bonchev–Trinajstić information content (AvgIpc) is 2.40. The van der Waals surface area contributed by atoms with Gasteiger partial charge in [0, 0.05) is 19.1 Å². The van der Waals surface area contributed by atoms with Gasteiger partial charge in [-0.15, -0.1) is 0 Å².